The summed E-state index contributed by atoms with van der Waals surface area (Å²) in [5.74, 6) is 0.148. The van der Waals surface area contributed by atoms with Gasteiger partial charge in [0.15, 0.2) is 0 Å². The molecule has 1 aliphatic rings. The summed E-state index contributed by atoms with van der Waals surface area (Å²) in [7, 11) is 0. The maximum Gasteiger partial charge on any atom is 0.200 e. The zero-order valence-electron chi connectivity index (χ0n) is 13.7. The Morgan fingerprint density at radius 1 is 0.818 bits per heavy atom. The molecule has 0 bridgehead atoms. The van der Waals surface area contributed by atoms with E-state index in [4.69, 9.17) is 0 Å². The third-order valence-electron chi connectivity index (χ3n) is 4.91. The van der Waals surface area contributed by atoms with Crippen LogP contribution >= 0.6 is 11.8 Å². The lowest BCUT2D eigenvalue weighted by Crippen LogP contribution is -2.01. The molecular weight excluding hydrogens is 288 g/mol. The van der Waals surface area contributed by atoms with Crippen molar-refractivity contribution in [1.82, 2.24) is 0 Å². The lowest BCUT2D eigenvalue weighted by molar-refractivity contribution is 0.104. The Morgan fingerprint density at radius 3 is 1.95 bits per heavy atom. The lowest BCUT2D eigenvalue weighted by atomic mass is 9.89. The van der Waals surface area contributed by atoms with Gasteiger partial charge in [-0.3, -0.25) is 4.79 Å². The van der Waals surface area contributed by atoms with E-state index in [0.717, 1.165) is 15.4 Å². The minimum atomic E-state index is 0.148. The van der Waals surface area contributed by atoms with Crippen LogP contribution in [0.3, 0.4) is 0 Å². The molecule has 0 aliphatic carbocycles. The van der Waals surface area contributed by atoms with Crippen molar-refractivity contribution in [1.29, 1.82) is 0 Å². The largest absolute Gasteiger partial charge is 0.288 e. The average Bonchev–Trinajstić information content (AvgIpc) is 2.84. The highest BCUT2D eigenvalue weighted by Gasteiger charge is 2.25. The summed E-state index contributed by atoms with van der Waals surface area (Å²) >= 11 is 1.58. The molecule has 0 unspecified atom stereocenters. The molecule has 0 radical (unpaired) electrons. The monoisotopic (exact) mass is 308 g/mol. The predicted octanol–water partition coefficient (Wildman–Crippen LogP) is 5.56. The van der Waals surface area contributed by atoms with Crippen LogP contribution in [0.5, 0.6) is 0 Å². The zero-order chi connectivity index (χ0) is 16.0. The van der Waals surface area contributed by atoms with Crippen molar-refractivity contribution >= 4 is 23.6 Å². The van der Waals surface area contributed by atoms with E-state index >= 15 is 0 Å². The fourth-order valence-corrected chi connectivity index (χ4v) is 4.05. The number of benzene rings is 2. The Bertz CT molecular complexity index is 799. The first-order valence-electron chi connectivity index (χ1n) is 7.52. The van der Waals surface area contributed by atoms with E-state index in [1.807, 2.05) is 24.3 Å². The zero-order valence-corrected chi connectivity index (χ0v) is 14.5. The highest BCUT2D eigenvalue weighted by molar-refractivity contribution is 8.04. The van der Waals surface area contributed by atoms with Gasteiger partial charge >= 0.3 is 0 Å². The number of carbonyl (C=O) groups excluding carboxylic acids is 1. The maximum absolute atomic E-state index is 12.6. The molecule has 0 saturated heterocycles. The molecule has 2 aromatic rings. The smallest absolute Gasteiger partial charge is 0.200 e. The van der Waals surface area contributed by atoms with Crippen LogP contribution in [0.4, 0.5) is 0 Å². The van der Waals surface area contributed by atoms with Gasteiger partial charge in [0.25, 0.3) is 0 Å². The minimum absolute atomic E-state index is 0.148. The number of allylic oxidation sites excluding steroid dienone is 1. The van der Waals surface area contributed by atoms with E-state index < -0.39 is 0 Å². The van der Waals surface area contributed by atoms with Crippen molar-refractivity contribution in [3.63, 3.8) is 0 Å². The molecule has 112 valence electrons. The molecule has 0 atom stereocenters. The quantitative estimate of drug-likeness (QED) is 0.642. The first-order chi connectivity index (χ1) is 10.4. The van der Waals surface area contributed by atoms with Crippen molar-refractivity contribution in [2.24, 2.45) is 0 Å². The van der Waals surface area contributed by atoms with E-state index in [9.17, 15) is 4.79 Å². The van der Waals surface area contributed by atoms with Crippen molar-refractivity contribution in [3.05, 3.63) is 68.1 Å². The van der Waals surface area contributed by atoms with E-state index in [-0.39, 0.29) is 5.78 Å². The van der Waals surface area contributed by atoms with Crippen LogP contribution in [-0.4, -0.2) is 5.78 Å². The van der Waals surface area contributed by atoms with Crippen LogP contribution in [0.25, 0.3) is 6.08 Å². The Hall–Kier alpha value is -1.80. The molecule has 2 heteroatoms. The number of fused-ring (bicyclic) bond motifs is 1. The van der Waals surface area contributed by atoms with Crippen molar-refractivity contribution in [2.45, 2.75) is 39.5 Å². The molecule has 22 heavy (non-hydrogen) atoms. The van der Waals surface area contributed by atoms with E-state index in [1.54, 1.807) is 11.8 Å². The van der Waals surface area contributed by atoms with Gasteiger partial charge in [-0.2, -0.15) is 0 Å². The molecule has 1 heterocycles. The number of ketones is 1. The van der Waals surface area contributed by atoms with Gasteiger partial charge in [-0.1, -0.05) is 23.9 Å². The summed E-state index contributed by atoms with van der Waals surface area (Å²) in [5, 5.41) is 0. The standard InChI is InChI=1S/C20H20OS/c1-11-12(2)14(4)17(15(5)13(11)3)10-19-20(21)16-8-6-7-9-18(16)22-19/h6-10H,1-5H3/b19-10-. The van der Waals surface area contributed by atoms with Crippen LogP contribution in [0, 0.1) is 34.6 Å². The van der Waals surface area contributed by atoms with E-state index in [0.29, 0.717) is 0 Å². The van der Waals surface area contributed by atoms with Crippen LogP contribution in [0.2, 0.25) is 0 Å². The minimum Gasteiger partial charge on any atom is -0.288 e. The summed E-state index contributed by atoms with van der Waals surface area (Å²) in [6, 6.07) is 7.84. The SMILES string of the molecule is Cc1c(C)c(C)c(/C=C2\Sc3ccccc3C2=O)c(C)c1C. The molecule has 1 aliphatic heterocycles. The van der Waals surface area contributed by atoms with Crippen molar-refractivity contribution in [2.75, 3.05) is 0 Å². The van der Waals surface area contributed by atoms with Gasteiger partial charge < -0.3 is 0 Å². The maximum atomic E-state index is 12.6. The summed E-state index contributed by atoms with van der Waals surface area (Å²) in [5.41, 5.74) is 8.57. The van der Waals surface area contributed by atoms with Crippen LogP contribution in [0.15, 0.2) is 34.1 Å². The summed E-state index contributed by atoms with van der Waals surface area (Å²) in [6.07, 6.45) is 2.08. The fraction of sp³-hybridized carbons (Fsp3) is 0.250. The van der Waals surface area contributed by atoms with E-state index in [1.165, 1.54) is 33.4 Å². The molecule has 0 saturated carbocycles. The van der Waals surface area contributed by atoms with Crippen LogP contribution in [-0.2, 0) is 0 Å². The topological polar surface area (TPSA) is 17.1 Å². The Kier molecular flexibility index (Phi) is 3.73. The molecule has 0 spiro atoms. The molecule has 3 rings (SSSR count). The van der Waals surface area contributed by atoms with Gasteiger partial charge in [0.05, 0.1) is 4.91 Å². The Labute approximate surface area is 136 Å². The Morgan fingerprint density at radius 2 is 1.36 bits per heavy atom. The highest BCUT2D eigenvalue weighted by atomic mass is 32.2. The molecule has 1 nitrogen and oxygen atoms in total. The van der Waals surface area contributed by atoms with Crippen molar-refractivity contribution in [3.8, 4) is 0 Å². The number of rotatable bonds is 1. The number of hydrogen-bond acceptors (Lipinski definition) is 2. The average molecular weight is 308 g/mol. The summed E-state index contributed by atoms with van der Waals surface area (Å²) in [4.78, 5) is 14.5. The number of thioether (sulfide) groups is 1. The Balaban J connectivity index is 2.14. The van der Waals surface area contributed by atoms with Gasteiger partial charge in [0, 0.05) is 10.5 Å². The van der Waals surface area contributed by atoms with Crippen LogP contribution in [0.1, 0.15) is 43.7 Å². The van der Waals surface area contributed by atoms with Gasteiger partial charge in [0.1, 0.15) is 0 Å². The first kappa shape index (κ1) is 15.1. The van der Waals surface area contributed by atoms with Crippen molar-refractivity contribution < 1.29 is 4.79 Å². The number of hydrogen-bond donors (Lipinski definition) is 0. The molecule has 0 fully saturated rings. The second-order valence-electron chi connectivity index (χ2n) is 5.97. The second-order valence-corrected chi connectivity index (χ2v) is 7.06. The van der Waals surface area contributed by atoms with Gasteiger partial charge in [-0.15, -0.1) is 0 Å². The van der Waals surface area contributed by atoms with Gasteiger partial charge in [-0.05, 0) is 86.2 Å². The summed E-state index contributed by atoms with van der Waals surface area (Å²) in [6.45, 7) is 10.8. The third kappa shape index (κ3) is 2.22. The van der Waals surface area contributed by atoms with Gasteiger partial charge in [-0.25, -0.2) is 0 Å². The molecule has 0 amide bonds. The molecular formula is C20H20OS. The molecule has 0 aromatic heterocycles. The van der Waals surface area contributed by atoms with Crippen LogP contribution < -0.4 is 0 Å². The predicted molar refractivity (Wildman–Crippen MR) is 94.7 cm³/mol. The first-order valence-corrected chi connectivity index (χ1v) is 8.33. The highest BCUT2D eigenvalue weighted by Crippen LogP contribution is 2.41. The summed E-state index contributed by atoms with van der Waals surface area (Å²) < 4.78 is 0. The normalized spacial score (nSPS) is 15.5. The number of carbonyl (C=O) groups is 1. The van der Waals surface area contributed by atoms with E-state index in [2.05, 4.69) is 40.7 Å². The molecule has 0 N–H and O–H groups in total. The van der Waals surface area contributed by atoms with Gasteiger partial charge in [0.2, 0.25) is 5.78 Å². The lowest BCUT2D eigenvalue weighted by Gasteiger charge is -2.16. The molecule has 2 aromatic carbocycles. The second kappa shape index (κ2) is 5.44. The number of Topliss-reactive ketones (excluding diaryl/α,β-unsaturated/α-hetero) is 1. The fourth-order valence-electron chi connectivity index (χ4n) is 3.01. The third-order valence-corrected chi connectivity index (χ3v) is 6.01.